The highest BCUT2D eigenvalue weighted by molar-refractivity contribution is 5.73. The molecule has 0 saturated carbocycles. The molecule has 0 spiro atoms. The van der Waals surface area contributed by atoms with Gasteiger partial charge in [-0.15, -0.1) is 0 Å². The molecule has 17 heavy (non-hydrogen) atoms. The summed E-state index contributed by atoms with van der Waals surface area (Å²) in [6, 6.07) is 7.70. The highest BCUT2D eigenvalue weighted by Gasteiger charge is 2.29. The van der Waals surface area contributed by atoms with Crippen LogP contribution in [0.2, 0.25) is 0 Å². The van der Waals surface area contributed by atoms with E-state index >= 15 is 0 Å². The SMILES string of the molecule is Cc1ccc(COC2CNC(C(=O)O)C2)cc1. The largest absolute Gasteiger partial charge is 0.480 e. The summed E-state index contributed by atoms with van der Waals surface area (Å²) in [6.45, 7) is 3.20. The predicted molar refractivity (Wildman–Crippen MR) is 63.8 cm³/mol. The molecule has 2 rings (SSSR count). The lowest BCUT2D eigenvalue weighted by Crippen LogP contribution is -2.29. The third-order valence-electron chi connectivity index (χ3n) is 2.99. The minimum atomic E-state index is -0.800. The summed E-state index contributed by atoms with van der Waals surface area (Å²) in [5.41, 5.74) is 2.34. The van der Waals surface area contributed by atoms with Crippen LogP contribution >= 0.6 is 0 Å². The molecule has 2 unspecified atom stereocenters. The fourth-order valence-electron chi connectivity index (χ4n) is 1.92. The van der Waals surface area contributed by atoms with Crippen LogP contribution in [0.25, 0.3) is 0 Å². The first-order chi connectivity index (χ1) is 8.15. The van der Waals surface area contributed by atoms with Gasteiger partial charge in [-0.05, 0) is 12.5 Å². The number of hydrogen-bond donors (Lipinski definition) is 2. The first-order valence-corrected chi connectivity index (χ1v) is 5.78. The van der Waals surface area contributed by atoms with Crippen LogP contribution < -0.4 is 5.32 Å². The summed E-state index contributed by atoms with van der Waals surface area (Å²) < 4.78 is 5.68. The number of rotatable bonds is 4. The summed E-state index contributed by atoms with van der Waals surface area (Å²) in [5, 5.41) is 11.8. The highest BCUT2D eigenvalue weighted by atomic mass is 16.5. The average Bonchev–Trinajstić information content (AvgIpc) is 2.77. The molecule has 2 N–H and O–H groups in total. The zero-order valence-electron chi connectivity index (χ0n) is 9.85. The number of benzene rings is 1. The van der Waals surface area contributed by atoms with Crippen molar-refractivity contribution in [3.63, 3.8) is 0 Å². The molecule has 0 radical (unpaired) electrons. The number of nitrogens with one attached hydrogen (secondary N) is 1. The van der Waals surface area contributed by atoms with Crippen LogP contribution in [0.15, 0.2) is 24.3 Å². The molecule has 0 amide bonds. The summed E-state index contributed by atoms with van der Waals surface area (Å²) in [6.07, 6.45) is 0.540. The second-order valence-electron chi connectivity index (χ2n) is 4.45. The number of aryl methyl sites for hydroxylation is 1. The van der Waals surface area contributed by atoms with Crippen molar-refractivity contribution in [1.82, 2.24) is 5.32 Å². The topological polar surface area (TPSA) is 58.6 Å². The van der Waals surface area contributed by atoms with Gasteiger partial charge in [0.1, 0.15) is 6.04 Å². The van der Waals surface area contributed by atoms with E-state index in [2.05, 4.69) is 5.32 Å². The van der Waals surface area contributed by atoms with E-state index in [1.165, 1.54) is 5.56 Å². The van der Waals surface area contributed by atoms with Gasteiger partial charge in [0.15, 0.2) is 0 Å². The lowest BCUT2D eigenvalue weighted by molar-refractivity contribution is -0.139. The Labute approximate surface area is 101 Å². The number of aliphatic carboxylic acids is 1. The molecule has 1 fully saturated rings. The van der Waals surface area contributed by atoms with Gasteiger partial charge in [0.2, 0.25) is 0 Å². The van der Waals surface area contributed by atoms with E-state index in [0.29, 0.717) is 19.6 Å². The Morgan fingerprint density at radius 2 is 2.18 bits per heavy atom. The molecule has 1 aromatic rings. The summed E-state index contributed by atoms with van der Waals surface area (Å²) in [7, 11) is 0. The van der Waals surface area contributed by atoms with Gasteiger partial charge < -0.3 is 15.2 Å². The number of carbonyl (C=O) groups is 1. The van der Waals surface area contributed by atoms with E-state index in [1.54, 1.807) is 0 Å². The van der Waals surface area contributed by atoms with Gasteiger partial charge >= 0.3 is 5.97 Å². The van der Waals surface area contributed by atoms with Gasteiger partial charge in [-0.2, -0.15) is 0 Å². The standard InChI is InChI=1S/C13H17NO3/c1-9-2-4-10(5-3-9)8-17-11-6-12(13(15)16)14-7-11/h2-5,11-12,14H,6-8H2,1H3,(H,15,16). The number of ether oxygens (including phenoxy) is 1. The highest BCUT2D eigenvalue weighted by Crippen LogP contribution is 2.13. The molecule has 0 aromatic heterocycles. The van der Waals surface area contributed by atoms with Crippen molar-refractivity contribution in [3.8, 4) is 0 Å². The quantitative estimate of drug-likeness (QED) is 0.826. The maximum absolute atomic E-state index is 10.7. The maximum atomic E-state index is 10.7. The molecule has 1 aliphatic rings. The molecule has 1 aliphatic heterocycles. The zero-order chi connectivity index (χ0) is 12.3. The molecular weight excluding hydrogens is 218 g/mol. The summed E-state index contributed by atoms with van der Waals surface area (Å²) in [5.74, 6) is -0.800. The van der Waals surface area contributed by atoms with Crippen LogP contribution in [0.5, 0.6) is 0 Å². The molecule has 1 aromatic carbocycles. The predicted octanol–water partition coefficient (Wildman–Crippen LogP) is 1.33. The second kappa shape index (κ2) is 5.29. The third kappa shape index (κ3) is 3.28. The first-order valence-electron chi connectivity index (χ1n) is 5.78. The number of hydrogen-bond acceptors (Lipinski definition) is 3. The Morgan fingerprint density at radius 1 is 1.47 bits per heavy atom. The van der Waals surface area contributed by atoms with E-state index in [9.17, 15) is 4.79 Å². The van der Waals surface area contributed by atoms with E-state index in [0.717, 1.165) is 5.56 Å². The minimum Gasteiger partial charge on any atom is -0.480 e. The fraction of sp³-hybridized carbons (Fsp3) is 0.462. The van der Waals surface area contributed by atoms with Crippen molar-refractivity contribution >= 4 is 5.97 Å². The van der Waals surface area contributed by atoms with Crippen LogP contribution in [-0.2, 0) is 16.1 Å². The fourth-order valence-corrected chi connectivity index (χ4v) is 1.92. The van der Waals surface area contributed by atoms with Gasteiger partial charge in [0.05, 0.1) is 12.7 Å². The Bertz CT molecular complexity index is 388. The first kappa shape index (κ1) is 12.1. The molecule has 4 nitrogen and oxygen atoms in total. The molecule has 92 valence electrons. The molecule has 2 atom stereocenters. The summed E-state index contributed by atoms with van der Waals surface area (Å²) >= 11 is 0. The van der Waals surface area contributed by atoms with Crippen molar-refractivity contribution in [3.05, 3.63) is 35.4 Å². The van der Waals surface area contributed by atoms with Crippen molar-refractivity contribution in [1.29, 1.82) is 0 Å². The number of carboxylic acid groups (broad SMARTS) is 1. The Balaban J connectivity index is 1.80. The summed E-state index contributed by atoms with van der Waals surface area (Å²) in [4.78, 5) is 10.7. The molecule has 0 bridgehead atoms. The van der Waals surface area contributed by atoms with Gasteiger partial charge in [0, 0.05) is 13.0 Å². The zero-order valence-corrected chi connectivity index (χ0v) is 9.85. The van der Waals surface area contributed by atoms with Gasteiger partial charge in [-0.25, -0.2) is 0 Å². The van der Waals surface area contributed by atoms with Crippen LogP contribution in [-0.4, -0.2) is 29.8 Å². The van der Waals surface area contributed by atoms with E-state index < -0.39 is 12.0 Å². The molecule has 0 aliphatic carbocycles. The molecule has 1 saturated heterocycles. The Hall–Kier alpha value is -1.39. The van der Waals surface area contributed by atoms with Crippen molar-refractivity contribution < 1.29 is 14.6 Å². The Kier molecular flexibility index (Phi) is 3.76. The second-order valence-corrected chi connectivity index (χ2v) is 4.45. The van der Waals surface area contributed by atoms with E-state index in [1.807, 2.05) is 31.2 Å². The third-order valence-corrected chi connectivity index (χ3v) is 2.99. The van der Waals surface area contributed by atoms with Crippen molar-refractivity contribution in [2.75, 3.05) is 6.54 Å². The van der Waals surface area contributed by atoms with Gasteiger partial charge in [-0.3, -0.25) is 4.79 Å². The maximum Gasteiger partial charge on any atom is 0.320 e. The van der Waals surface area contributed by atoms with Crippen molar-refractivity contribution in [2.45, 2.75) is 32.1 Å². The van der Waals surface area contributed by atoms with E-state index in [-0.39, 0.29) is 6.10 Å². The Morgan fingerprint density at radius 3 is 2.76 bits per heavy atom. The van der Waals surface area contributed by atoms with Crippen LogP contribution in [0.4, 0.5) is 0 Å². The molecule has 1 heterocycles. The van der Waals surface area contributed by atoms with E-state index in [4.69, 9.17) is 9.84 Å². The molecule has 4 heteroatoms. The number of carboxylic acids is 1. The average molecular weight is 235 g/mol. The normalized spacial score (nSPS) is 23.8. The smallest absolute Gasteiger partial charge is 0.320 e. The molecular formula is C13H17NO3. The lowest BCUT2D eigenvalue weighted by atomic mass is 10.1. The van der Waals surface area contributed by atoms with Crippen LogP contribution in [0.1, 0.15) is 17.5 Å². The van der Waals surface area contributed by atoms with Gasteiger partial charge in [0.25, 0.3) is 0 Å². The monoisotopic (exact) mass is 235 g/mol. The van der Waals surface area contributed by atoms with Crippen LogP contribution in [0, 0.1) is 6.92 Å². The minimum absolute atomic E-state index is 0.00240. The van der Waals surface area contributed by atoms with Gasteiger partial charge in [-0.1, -0.05) is 29.8 Å². The van der Waals surface area contributed by atoms with Crippen LogP contribution in [0.3, 0.4) is 0 Å². The van der Waals surface area contributed by atoms with Crippen molar-refractivity contribution in [2.24, 2.45) is 0 Å². The lowest BCUT2D eigenvalue weighted by Gasteiger charge is -2.10.